The molecule has 1 aliphatic rings. The number of nitrogens with one attached hydrogen (secondary N) is 1. The molecule has 1 heterocycles. The van der Waals surface area contributed by atoms with E-state index in [0.29, 0.717) is 0 Å². The minimum absolute atomic E-state index is 0.111. The molecule has 1 saturated heterocycles. The number of hydrogen-bond donors (Lipinski definition) is 1. The lowest BCUT2D eigenvalue weighted by Gasteiger charge is -2.32. The van der Waals surface area contributed by atoms with E-state index in [4.69, 9.17) is 16.3 Å². The van der Waals surface area contributed by atoms with Gasteiger partial charge in [0.05, 0.1) is 12.2 Å². The van der Waals surface area contributed by atoms with Crippen molar-refractivity contribution in [3.05, 3.63) is 0 Å². The Kier molecular flexibility index (Phi) is 4.48. The van der Waals surface area contributed by atoms with Crippen LogP contribution in [0.3, 0.4) is 0 Å². The fourth-order valence-corrected chi connectivity index (χ4v) is 1.88. The molecule has 82 valence electrons. The first-order valence-electron chi connectivity index (χ1n) is 4.76. The van der Waals surface area contributed by atoms with E-state index in [1.165, 1.54) is 0 Å². The van der Waals surface area contributed by atoms with Crippen molar-refractivity contribution in [3.63, 3.8) is 0 Å². The Morgan fingerprint density at radius 1 is 1.50 bits per heavy atom. The molecule has 2 atom stereocenters. The van der Waals surface area contributed by atoms with Crippen LogP contribution in [0.4, 0.5) is 4.79 Å². The maximum absolute atomic E-state index is 11.1. The first kappa shape index (κ1) is 11.6. The van der Waals surface area contributed by atoms with Crippen molar-refractivity contribution < 1.29 is 14.3 Å². The van der Waals surface area contributed by atoms with Gasteiger partial charge in [0.15, 0.2) is 6.07 Å². The lowest BCUT2D eigenvalue weighted by Crippen LogP contribution is -2.44. The van der Waals surface area contributed by atoms with Crippen LogP contribution in [0.1, 0.15) is 26.7 Å². The number of alkyl carbamates (subject to hydrolysis) is 1. The second-order valence-electron chi connectivity index (χ2n) is 3.61. The Labute approximate surface area is 88.9 Å². The smallest absolute Gasteiger partial charge is 0.408 e. The van der Waals surface area contributed by atoms with E-state index in [2.05, 4.69) is 10.1 Å². The standard InChI is InChI=1S/C9H16ClNO3/c1-6-3-8(4-7(2)14-6)11-9(12)13-5-10/h6-8H,3-5H2,1-2H3,(H,11,12). The van der Waals surface area contributed by atoms with E-state index in [-0.39, 0.29) is 24.3 Å². The average Bonchev–Trinajstić information content (AvgIpc) is 2.01. The normalized spacial score (nSPS) is 32.4. The van der Waals surface area contributed by atoms with Crippen LogP contribution in [0, 0.1) is 0 Å². The maximum Gasteiger partial charge on any atom is 0.408 e. The minimum atomic E-state index is -0.452. The number of carbonyl (C=O) groups is 1. The number of amides is 1. The van der Waals surface area contributed by atoms with Gasteiger partial charge in [-0.3, -0.25) is 0 Å². The molecule has 1 aliphatic heterocycles. The molecular weight excluding hydrogens is 206 g/mol. The van der Waals surface area contributed by atoms with E-state index < -0.39 is 6.09 Å². The van der Waals surface area contributed by atoms with Gasteiger partial charge in [-0.1, -0.05) is 11.6 Å². The molecule has 4 nitrogen and oxygen atoms in total. The van der Waals surface area contributed by atoms with Crippen LogP contribution in [0.25, 0.3) is 0 Å². The van der Waals surface area contributed by atoms with E-state index in [0.717, 1.165) is 12.8 Å². The SMILES string of the molecule is CC1CC(NC(=O)OCCl)CC(C)O1. The van der Waals surface area contributed by atoms with E-state index in [1.54, 1.807) is 0 Å². The monoisotopic (exact) mass is 221 g/mol. The van der Waals surface area contributed by atoms with Crippen LogP contribution in [0.15, 0.2) is 0 Å². The van der Waals surface area contributed by atoms with Crippen molar-refractivity contribution in [1.29, 1.82) is 0 Å². The first-order chi connectivity index (χ1) is 6.61. The summed E-state index contributed by atoms with van der Waals surface area (Å²) in [5, 5.41) is 2.76. The highest BCUT2D eigenvalue weighted by molar-refractivity contribution is 6.17. The summed E-state index contributed by atoms with van der Waals surface area (Å²) in [5.41, 5.74) is 0. The van der Waals surface area contributed by atoms with Crippen LogP contribution in [-0.4, -0.2) is 30.4 Å². The van der Waals surface area contributed by atoms with Gasteiger partial charge >= 0.3 is 6.09 Å². The summed E-state index contributed by atoms with van der Waals surface area (Å²) < 4.78 is 10.1. The van der Waals surface area contributed by atoms with Crippen LogP contribution in [-0.2, 0) is 9.47 Å². The zero-order chi connectivity index (χ0) is 10.6. The number of ether oxygens (including phenoxy) is 2. The minimum Gasteiger partial charge on any atom is -0.433 e. The van der Waals surface area contributed by atoms with Crippen LogP contribution >= 0.6 is 11.6 Å². The summed E-state index contributed by atoms with van der Waals surface area (Å²) >= 11 is 5.26. The number of halogens is 1. The topological polar surface area (TPSA) is 47.6 Å². The average molecular weight is 222 g/mol. The van der Waals surface area contributed by atoms with Crippen molar-refractivity contribution in [2.75, 3.05) is 6.07 Å². The first-order valence-corrected chi connectivity index (χ1v) is 5.30. The molecule has 14 heavy (non-hydrogen) atoms. The molecule has 0 aromatic rings. The van der Waals surface area contributed by atoms with Crippen molar-refractivity contribution >= 4 is 17.7 Å². The predicted molar refractivity (Wildman–Crippen MR) is 53.4 cm³/mol. The maximum atomic E-state index is 11.1. The molecule has 0 saturated carbocycles. The van der Waals surface area contributed by atoms with Crippen LogP contribution in [0.5, 0.6) is 0 Å². The number of carbonyl (C=O) groups excluding carboxylic acids is 1. The van der Waals surface area contributed by atoms with Gasteiger partial charge in [0.2, 0.25) is 0 Å². The number of alkyl halides is 1. The van der Waals surface area contributed by atoms with E-state index in [9.17, 15) is 4.79 Å². The predicted octanol–water partition coefficient (Wildman–Crippen LogP) is 1.86. The summed E-state index contributed by atoms with van der Waals surface area (Å²) in [4.78, 5) is 11.1. The van der Waals surface area contributed by atoms with Crippen molar-refractivity contribution in [2.45, 2.75) is 44.9 Å². The number of hydrogen-bond acceptors (Lipinski definition) is 3. The third kappa shape index (κ3) is 3.72. The largest absolute Gasteiger partial charge is 0.433 e. The molecule has 0 aromatic heterocycles. The molecule has 1 fully saturated rings. The van der Waals surface area contributed by atoms with Gasteiger partial charge in [0.25, 0.3) is 0 Å². The summed E-state index contributed by atoms with van der Waals surface area (Å²) in [7, 11) is 0. The molecule has 1 N–H and O–H groups in total. The van der Waals surface area contributed by atoms with Gasteiger partial charge in [0.1, 0.15) is 0 Å². The number of rotatable bonds is 2. The summed E-state index contributed by atoms with van der Waals surface area (Å²) in [6, 6.07) is 0.0182. The Balaban J connectivity index is 2.33. The Hall–Kier alpha value is -0.480. The molecule has 1 amide bonds. The van der Waals surface area contributed by atoms with E-state index in [1.807, 2.05) is 13.8 Å². The molecule has 0 spiro atoms. The Morgan fingerprint density at radius 2 is 2.07 bits per heavy atom. The van der Waals surface area contributed by atoms with Gasteiger partial charge in [-0.2, -0.15) is 0 Å². The lowest BCUT2D eigenvalue weighted by molar-refractivity contribution is -0.0413. The highest BCUT2D eigenvalue weighted by Crippen LogP contribution is 2.18. The molecule has 0 radical (unpaired) electrons. The molecule has 0 aliphatic carbocycles. The van der Waals surface area contributed by atoms with Gasteiger partial charge in [-0.25, -0.2) is 4.79 Å². The zero-order valence-corrected chi connectivity index (χ0v) is 9.21. The molecule has 1 rings (SSSR count). The molecule has 0 bridgehead atoms. The molecule has 2 unspecified atom stereocenters. The summed E-state index contributed by atoms with van der Waals surface area (Å²) in [5.74, 6) is 0. The summed E-state index contributed by atoms with van der Waals surface area (Å²) in [6.07, 6.45) is 1.55. The Bertz CT molecular complexity index is 190. The van der Waals surface area contributed by atoms with E-state index >= 15 is 0 Å². The fourth-order valence-electron chi connectivity index (χ4n) is 1.78. The zero-order valence-electron chi connectivity index (χ0n) is 8.46. The quantitative estimate of drug-likeness (QED) is 0.725. The molecule has 0 aromatic carbocycles. The Morgan fingerprint density at radius 3 is 2.57 bits per heavy atom. The second-order valence-corrected chi connectivity index (χ2v) is 3.83. The molecule has 5 heteroatoms. The van der Waals surface area contributed by atoms with Crippen LogP contribution in [0.2, 0.25) is 0 Å². The van der Waals surface area contributed by atoms with Gasteiger partial charge in [-0.05, 0) is 26.7 Å². The lowest BCUT2D eigenvalue weighted by atomic mass is 10.0. The van der Waals surface area contributed by atoms with Gasteiger partial charge in [-0.15, -0.1) is 0 Å². The third-order valence-corrected chi connectivity index (χ3v) is 2.31. The van der Waals surface area contributed by atoms with Crippen LogP contribution < -0.4 is 5.32 Å². The third-order valence-electron chi connectivity index (χ3n) is 2.21. The van der Waals surface area contributed by atoms with Crippen molar-refractivity contribution in [2.24, 2.45) is 0 Å². The van der Waals surface area contributed by atoms with Crippen molar-refractivity contribution in [3.8, 4) is 0 Å². The summed E-state index contributed by atoms with van der Waals surface area (Å²) in [6.45, 7) is 3.99. The highest BCUT2D eigenvalue weighted by atomic mass is 35.5. The second kappa shape index (κ2) is 5.41. The fraction of sp³-hybridized carbons (Fsp3) is 0.889. The molecular formula is C9H16ClNO3. The van der Waals surface area contributed by atoms with Gasteiger partial charge in [0, 0.05) is 6.04 Å². The van der Waals surface area contributed by atoms with Gasteiger partial charge < -0.3 is 14.8 Å². The highest BCUT2D eigenvalue weighted by Gasteiger charge is 2.25. The van der Waals surface area contributed by atoms with Crippen molar-refractivity contribution in [1.82, 2.24) is 5.32 Å².